The van der Waals surface area contributed by atoms with Gasteiger partial charge in [0.05, 0.1) is 6.42 Å². The van der Waals surface area contributed by atoms with Crippen LogP contribution in [-0.4, -0.2) is 12.1 Å². The van der Waals surface area contributed by atoms with Crippen molar-refractivity contribution >= 4 is 12.1 Å². The fourth-order valence-electron chi connectivity index (χ4n) is 0.272. The molecule has 7 heavy (non-hydrogen) atoms. The van der Waals surface area contributed by atoms with Gasteiger partial charge in [-0.15, -0.1) is 5.10 Å². The fourth-order valence-corrected chi connectivity index (χ4v) is 0.272. The molecule has 0 radical (unpaired) electrons. The third-order valence-corrected chi connectivity index (χ3v) is 0.555. The van der Waals surface area contributed by atoms with Crippen LogP contribution < -0.4 is 0 Å². The van der Waals surface area contributed by atoms with Gasteiger partial charge in [-0.05, 0) is 5.22 Å². The van der Waals surface area contributed by atoms with Gasteiger partial charge < -0.3 is 0 Å². The van der Waals surface area contributed by atoms with Crippen LogP contribution in [0.2, 0.25) is 0 Å². The van der Waals surface area contributed by atoms with Crippen molar-refractivity contribution in [3.05, 3.63) is 0 Å². The molecule has 0 aromatic rings. The Kier molecular flexibility index (Phi) is 0.934. The van der Waals surface area contributed by atoms with E-state index >= 15 is 0 Å². The van der Waals surface area contributed by atoms with Gasteiger partial charge in [0.15, 0.2) is 0 Å². The lowest BCUT2D eigenvalue weighted by Crippen LogP contribution is -1.94. The number of nitrogens with zero attached hydrogens (tertiary/aromatic N) is 3. The first-order valence-corrected chi connectivity index (χ1v) is 1.85. The van der Waals surface area contributed by atoms with Crippen LogP contribution in [0.3, 0.4) is 0 Å². The summed E-state index contributed by atoms with van der Waals surface area (Å²) in [6.07, 6.45) is 1.72. The predicted octanol–water partition coefficient (Wildman–Crippen LogP) is 0.355. The summed E-state index contributed by atoms with van der Waals surface area (Å²) >= 11 is 0. The molecule has 1 aliphatic heterocycles. The SMILES string of the molecule is O=C1CC=NN=N1. The van der Waals surface area contributed by atoms with Crippen molar-refractivity contribution in [1.82, 2.24) is 0 Å². The highest BCUT2D eigenvalue weighted by molar-refractivity contribution is 5.90. The van der Waals surface area contributed by atoms with Crippen LogP contribution in [0, 0.1) is 0 Å². The summed E-state index contributed by atoms with van der Waals surface area (Å²) in [4.78, 5) is 10.1. The van der Waals surface area contributed by atoms with Crippen molar-refractivity contribution < 1.29 is 4.79 Å². The van der Waals surface area contributed by atoms with Crippen molar-refractivity contribution in [3.8, 4) is 0 Å². The van der Waals surface area contributed by atoms with E-state index < -0.39 is 0 Å². The molecule has 0 saturated carbocycles. The van der Waals surface area contributed by atoms with Gasteiger partial charge in [0.25, 0.3) is 5.91 Å². The van der Waals surface area contributed by atoms with Gasteiger partial charge in [0.1, 0.15) is 0 Å². The van der Waals surface area contributed by atoms with E-state index in [9.17, 15) is 4.79 Å². The lowest BCUT2D eigenvalue weighted by molar-refractivity contribution is -0.117. The highest BCUT2D eigenvalue weighted by Crippen LogP contribution is 1.89. The summed E-state index contributed by atoms with van der Waals surface area (Å²) < 4.78 is 0. The molecule has 1 amide bonds. The molecule has 0 aliphatic carbocycles. The Bertz CT molecular complexity index is 137. The molecule has 0 N–H and O–H groups in total. The quantitative estimate of drug-likeness (QED) is 0.430. The van der Waals surface area contributed by atoms with E-state index in [1.54, 1.807) is 0 Å². The zero-order chi connectivity index (χ0) is 5.11. The second-order valence-electron chi connectivity index (χ2n) is 1.09. The molecule has 0 unspecified atom stereocenters. The van der Waals surface area contributed by atoms with Gasteiger partial charge in [0.2, 0.25) is 0 Å². The van der Waals surface area contributed by atoms with Crippen LogP contribution in [0.25, 0.3) is 0 Å². The maximum Gasteiger partial charge on any atom is 0.271 e. The summed E-state index contributed by atoms with van der Waals surface area (Å²) in [7, 11) is 0. The van der Waals surface area contributed by atoms with E-state index in [-0.39, 0.29) is 5.91 Å². The van der Waals surface area contributed by atoms with Gasteiger partial charge in [-0.1, -0.05) is 5.11 Å². The Morgan fingerprint density at radius 3 is 2.86 bits per heavy atom. The third-order valence-electron chi connectivity index (χ3n) is 0.555. The first kappa shape index (κ1) is 4.11. The average molecular weight is 97.1 g/mol. The molecule has 1 rings (SSSR count). The molecule has 0 fully saturated rings. The number of carbonyl (C=O) groups excluding carboxylic acids is 1. The van der Waals surface area contributed by atoms with E-state index in [1.807, 2.05) is 0 Å². The van der Waals surface area contributed by atoms with Gasteiger partial charge in [-0.2, -0.15) is 0 Å². The van der Waals surface area contributed by atoms with E-state index in [0.717, 1.165) is 0 Å². The number of amides is 1. The van der Waals surface area contributed by atoms with E-state index in [0.29, 0.717) is 6.42 Å². The Morgan fingerprint density at radius 1 is 1.71 bits per heavy atom. The standard InChI is InChI=1S/C3H3N3O/c7-3-1-2-4-6-5-3/h2H,1H2. The monoisotopic (exact) mass is 97.0 g/mol. The minimum Gasteiger partial charge on any atom is -0.270 e. The van der Waals surface area contributed by atoms with E-state index in [4.69, 9.17) is 0 Å². The lowest BCUT2D eigenvalue weighted by atomic mass is 10.4. The molecule has 0 saturated heterocycles. The van der Waals surface area contributed by atoms with Crippen molar-refractivity contribution in [3.63, 3.8) is 0 Å². The maximum absolute atomic E-state index is 10.1. The largest absolute Gasteiger partial charge is 0.271 e. The predicted molar refractivity (Wildman–Crippen MR) is 23.0 cm³/mol. The summed E-state index contributed by atoms with van der Waals surface area (Å²) in [5, 5.41) is 9.56. The molecular weight excluding hydrogens is 94.1 g/mol. The second kappa shape index (κ2) is 1.59. The highest BCUT2D eigenvalue weighted by atomic mass is 16.1. The van der Waals surface area contributed by atoms with E-state index in [1.165, 1.54) is 6.21 Å². The average Bonchev–Trinajstić information content (AvgIpc) is 1.69. The first-order valence-electron chi connectivity index (χ1n) is 1.85. The minimum absolute atomic E-state index is 0.227. The molecule has 4 nitrogen and oxygen atoms in total. The van der Waals surface area contributed by atoms with Gasteiger partial charge in [0, 0.05) is 6.21 Å². The zero-order valence-electron chi connectivity index (χ0n) is 3.53. The normalized spacial score (nSPS) is 18.0. The Balaban J connectivity index is 2.66. The zero-order valence-corrected chi connectivity index (χ0v) is 3.53. The van der Waals surface area contributed by atoms with Gasteiger partial charge >= 0.3 is 0 Å². The molecule has 0 bridgehead atoms. The van der Waals surface area contributed by atoms with Gasteiger partial charge in [-0.3, -0.25) is 4.79 Å². The second-order valence-corrected chi connectivity index (χ2v) is 1.09. The maximum atomic E-state index is 10.1. The number of hydrogen-bond donors (Lipinski definition) is 0. The Morgan fingerprint density at radius 2 is 2.57 bits per heavy atom. The molecule has 1 heterocycles. The number of hydrogen-bond acceptors (Lipinski definition) is 3. The van der Waals surface area contributed by atoms with Crippen molar-refractivity contribution in [2.45, 2.75) is 6.42 Å². The van der Waals surface area contributed by atoms with Crippen LogP contribution in [0.5, 0.6) is 0 Å². The summed E-state index contributed by atoms with van der Waals surface area (Å²) in [6, 6.07) is 0. The summed E-state index contributed by atoms with van der Waals surface area (Å²) in [6.45, 7) is 0. The summed E-state index contributed by atoms with van der Waals surface area (Å²) in [5.74, 6) is -0.227. The molecular formula is C3H3N3O. The third kappa shape index (κ3) is 0.887. The topological polar surface area (TPSA) is 54.1 Å². The molecule has 4 heteroatoms. The smallest absolute Gasteiger partial charge is 0.270 e. The molecule has 1 aliphatic rings. The molecule has 0 aromatic heterocycles. The Hall–Kier alpha value is -1.06. The number of rotatable bonds is 0. The van der Waals surface area contributed by atoms with Crippen molar-refractivity contribution in [2.75, 3.05) is 0 Å². The molecule has 0 spiro atoms. The molecule has 0 aromatic carbocycles. The van der Waals surface area contributed by atoms with Crippen LogP contribution in [0.15, 0.2) is 15.4 Å². The lowest BCUT2D eigenvalue weighted by Gasteiger charge is -1.85. The molecule has 36 valence electrons. The fraction of sp³-hybridized carbons (Fsp3) is 0.333. The summed E-state index contributed by atoms with van der Waals surface area (Å²) in [5.41, 5.74) is 0. The van der Waals surface area contributed by atoms with Crippen molar-refractivity contribution in [1.29, 1.82) is 0 Å². The van der Waals surface area contributed by atoms with E-state index in [2.05, 4.69) is 15.4 Å². The van der Waals surface area contributed by atoms with Crippen molar-refractivity contribution in [2.24, 2.45) is 15.4 Å². The van der Waals surface area contributed by atoms with Gasteiger partial charge in [-0.25, -0.2) is 0 Å². The first-order chi connectivity index (χ1) is 3.39. The van der Waals surface area contributed by atoms with Crippen LogP contribution in [0.1, 0.15) is 6.42 Å². The highest BCUT2D eigenvalue weighted by Gasteiger charge is 1.96. The molecule has 0 atom stereocenters. The van der Waals surface area contributed by atoms with Crippen LogP contribution >= 0.6 is 0 Å². The number of carbonyl (C=O) groups is 1. The van der Waals surface area contributed by atoms with Crippen LogP contribution in [-0.2, 0) is 4.79 Å². The minimum atomic E-state index is -0.227. The van der Waals surface area contributed by atoms with Crippen LogP contribution in [0.4, 0.5) is 0 Å². The Labute approximate surface area is 39.9 Å².